The second-order valence-electron chi connectivity index (χ2n) is 3.78. The van der Waals surface area contributed by atoms with Gasteiger partial charge in [0.25, 0.3) is 0 Å². The van der Waals surface area contributed by atoms with E-state index in [1.54, 1.807) is 11.3 Å². The number of thiocarbonyl (C=S) groups is 1. The normalized spacial score (nSPS) is 9.89. The van der Waals surface area contributed by atoms with Gasteiger partial charge in [-0.05, 0) is 25.5 Å². The van der Waals surface area contributed by atoms with E-state index < -0.39 is 11.8 Å². The van der Waals surface area contributed by atoms with Crippen LogP contribution >= 0.6 is 23.6 Å². The molecule has 1 aromatic rings. The van der Waals surface area contributed by atoms with E-state index in [9.17, 15) is 9.59 Å². The third-order valence-corrected chi connectivity index (χ3v) is 3.57. The van der Waals surface area contributed by atoms with Gasteiger partial charge in [0.05, 0.1) is 18.1 Å². The molecule has 98 valence electrons. The van der Waals surface area contributed by atoms with E-state index in [0.29, 0.717) is 6.54 Å². The Morgan fingerprint density at radius 3 is 2.44 bits per heavy atom. The number of amides is 2. The van der Waals surface area contributed by atoms with Crippen LogP contribution in [0.4, 0.5) is 0 Å². The van der Waals surface area contributed by atoms with Crippen LogP contribution in [-0.4, -0.2) is 23.3 Å². The highest BCUT2D eigenvalue weighted by molar-refractivity contribution is 7.80. The van der Waals surface area contributed by atoms with Crippen molar-refractivity contribution in [2.75, 3.05) is 6.54 Å². The van der Waals surface area contributed by atoms with Crippen LogP contribution < -0.4 is 16.4 Å². The van der Waals surface area contributed by atoms with Crippen LogP contribution in [0.1, 0.15) is 15.3 Å². The van der Waals surface area contributed by atoms with E-state index in [1.807, 2.05) is 19.9 Å². The molecule has 4 N–H and O–H groups in total. The lowest BCUT2D eigenvalue weighted by atomic mass is 10.3. The van der Waals surface area contributed by atoms with E-state index >= 15 is 0 Å². The highest BCUT2D eigenvalue weighted by Gasteiger charge is 2.13. The van der Waals surface area contributed by atoms with Crippen molar-refractivity contribution >= 4 is 40.4 Å². The van der Waals surface area contributed by atoms with E-state index in [4.69, 9.17) is 5.73 Å². The van der Waals surface area contributed by atoms with Crippen molar-refractivity contribution in [2.24, 2.45) is 5.73 Å². The first-order chi connectivity index (χ1) is 8.40. The monoisotopic (exact) mass is 285 g/mol. The maximum Gasteiger partial charge on any atom is 0.309 e. The van der Waals surface area contributed by atoms with Gasteiger partial charge in [0.1, 0.15) is 0 Å². The number of thiophene rings is 1. The lowest BCUT2D eigenvalue weighted by Crippen LogP contribution is -2.42. The molecule has 0 atom stereocenters. The molecular formula is C11H15N3O2S2. The molecule has 0 saturated carbocycles. The Morgan fingerprint density at radius 2 is 1.94 bits per heavy atom. The third-order valence-electron chi connectivity index (χ3n) is 2.27. The van der Waals surface area contributed by atoms with Gasteiger partial charge in [0.15, 0.2) is 0 Å². The molecule has 0 aliphatic rings. The van der Waals surface area contributed by atoms with Crippen LogP contribution in [0.15, 0.2) is 6.07 Å². The summed E-state index contributed by atoms with van der Waals surface area (Å²) in [6.07, 6.45) is 0. The van der Waals surface area contributed by atoms with Gasteiger partial charge < -0.3 is 16.4 Å². The molecule has 0 unspecified atom stereocenters. The number of rotatable bonds is 4. The molecule has 0 aliphatic carbocycles. The van der Waals surface area contributed by atoms with Crippen LogP contribution in [0.25, 0.3) is 0 Å². The van der Waals surface area contributed by atoms with Crippen molar-refractivity contribution < 1.29 is 9.59 Å². The quantitative estimate of drug-likeness (QED) is 0.552. The lowest BCUT2D eigenvalue weighted by Gasteiger charge is -2.04. The highest BCUT2D eigenvalue weighted by Crippen LogP contribution is 2.20. The molecule has 2 amide bonds. The number of hydrogen-bond donors (Lipinski definition) is 3. The van der Waals surface area contributed by atoms with E-state index in [2.05, 4.69) is 22.9 Å². The largest absolute Gasteiger partial charge is 0.392 e. The zero-order valence-electron chi connectivity index (χ0n) is 10.2. The minimum Gasteiger partial charge on any atom is -0.392 e. The lowest BCUT2D eigenvalue weighted by molar-refractivity contribution is -0.139. The first-order valence-electron chi connectivity index (χ1n) is 5.30. The van der Waals surface area contributed by atoms with Gasteiger partial charge in [-0.2, -0.15) is 0 Å². The van der Waals surface area contributed by atoms with Crippen molar-refractivity contribution in [3.8, 4) is 0 Å². The second-order valence-corrected chi connectivity index (χ2v) is 5.65. The molecular weight excluding hydrogens is 270 g/mol. The maximum atomic E-state index is 11.4. The predicted molar refractivity (Wildman–Crippen MR) is 75.4 cm³/mol. The van der Waals surface area contributed by atoms with E-state index in [-0.39, 0.29) is 11.5 Å². The van der Waals surface area contributed by atoms with E-state index in [0.717, 1.165) is 4.88 Å². The first kappa shape index (κ1) is 14.6. The summed E-state index contributed by atoms with van der Waals surface area (Å²) in [4.78, 5) is 25.1. The van der Waals surface area contributed by atoms with Gasteiger partial charge in [0, 0.05) is 9.75 Å². The minimum absolute atomic E-state index is 0.0266. The number of carbonyl (C=O) groups excluding carboxylic acids is 2. The topological polar surface area (TPSA) is 84.2 Å². The Hall–Kier alpha value is -1.47. The summed E-state index contributed by atoms with van der Waals surface area (Å²) < 4.78 is 0. The third kappa shape index (κ3) is 4.42. The number of hydrogen-bond acceptors (Lipinski definition) is 4. The molecule has 0 bridgehead atoms. The summed E-state index contributed by atoms with van der Waals surface area (Å²) in [7, 11) is 0. The molecule has 7 heteroatoms. The average molecular weight is 285 g/mol. The van der Waals surface area contributed by atoms with Crippen molar-refractivity contribution in [3.63, 3.8) is 0 Å². The van der Waals surface area contributed by atoms with E-state index in [1.165, 1.54) is 10.4 Å². The molecule has 0 aromatic carbocycles. The predicted octanol–water partition coefficient (Wildman–Crippen LogP) is 0.383. The van der Waals surface area contributed by atoms with Crippen LogP contribution in [0, 0.1) is 13.8 Å². The summed E-state index contributed by atoms with van der Waals surface area (Å²) in [5.74, 6) is -1.41. The molecule has 18 heavy (non-hydrogen) atoms. The number of carbonyl (C=O) groups is 2. The summed E-state index contributed by atoms with van der Waals surface area (Å²) >= 11 is 6.19. The van der Waals surface area contributed by atoms with Crippen molar-refractivity contribution in [1.29, 1.82) is 0 Å². The molecule has 0 saturated heterocycles. The fourth-order valence-electron chi connectivity index (χ4n) is 1.23. The molecule has 0 radical (unpaired) electrons. The molecule has 0 aliphatic heterocycles. The Balaban J connectivity index is 2.41. The van der Waals surface area contributed by atoms with Crippen molar-refractivity contribution in [1.82, 2.24) is 10.6 Å². The molecule has 5 nitrogen and oxygen atoms in total. The molecule has 0 spiro atoms. The molecule has 1 aromatic heterocycles. The second kappa shape index (κ2) is 6.46. The Morgan fingerprint density at radius 1 is 1.33 bits per heavy atom. The van der Waals surface area contributed by atoms with Crippen LogP contribution in [0.5, 0.6) is 0 Å². The Bertz CT molecular complexity index is 463. The van der Waals surface area contributed by atoms with Gasteiger partial charge in [-0.1, -0.05) is 12.2 Å². The highest BCUT2D eigenvalue weighted by atomic mass is 32.1. The zero-order chi connectivity index (χ0) is 13.7. The SMILES string of the molecule is Cc1cc(CNC(=O)C(=O)NCC(N)=S)sc1C. The van der Waals surface area contributed by atoms with Gasteiger partial charge in [-0.25, -0.2) is 0 Å². The van der Waals surface area contributed by atoms with Crippen LogP contribution in [0.3, 0.4) is 0 Å². The van der Waals surface area contributed by atoms with Gasteiger partial charge in [-0.3, -0.25) is 9.59 Å². The first-order valence-corrected chi connectivity index (χ1v) is 6.53. The number of aryl methyl sites for hydroxylation is 2. The fraction of sp³-hybridized carbons (Fsp3) is 0.364. The Labute approximate surface area is 115 Å². The summed E-state index contributed by atoms with van der Waals surface area (Å²) in [5.41, 5.74) is 6.39. The van der Waals surface area contributed by atoms with Gasteiger partial charge in [0.2, 0.25) is 0 Å². The summed E-state index contributed by atoms with van der Waals surface area (Å²) in [5, 5.41) is 4.86. The summed E-state index contributed by atoms with van der Waals surface area (Å²) in [6.45, 7) is 4.39. The zero-order valence-corrected chi connectivity index (χ0v) is 11.8. The Kier molecular flexibility index (Phi) is 5.24. The molecule has 1 rings (SSSR count). The number of nitrogens with two attached hydrogens (primary N) is 1. The standard InChI is InChI=1S/C11H15N3O2S2/c1-6-3-8(18-7(6)2)4-13-10(15)11(16)14-5-9(12)17/h3H,4-5H2,1-2H3,(H2,12,17)(H,13,15)(H,14,16). The van der Waals surface area contributed by atoms with Crippen LogP contribution in [-0.2, 0) is 16.1 Å². The summed E-state index contributed by atoms with van der Waals surface area (Å²) in [6, 6.07) is 1.99. The number of nitrogens with one attached hydrogen (secondary N) is 2. The van der Waals surface area contributed by atoms with Gasteiger partial charge >= 0.3 is 11.8 Å². The maximum absolute atomic E-state index is 11.4. The van der Waals surface area contributed by atoms with Crippen molar-refractivity contribution in [2.45, 2.75) is 20.4 Å². The van der Waals surface area contributed by atoms with Crippen LogP contribution in [0.2, 0.25) is 0 Å². The average Bonchev–Trinajstić information content (AvgIpc) is 2.62. The van der Waals surface area contributed by atoms with Gasteiger partial charge in [-0.15, -0.1) is 11.3 Å². The molecule has 0 fully saturated rings. The fourth-order valence-corrected chi connectivity index (χ4v) is 2.30. The minimum atomic E-state index is -0.729. The smallest absolute Gasteiger partial charge is 0.309 e. The van der Waals surface area contributed by atoms with Crippen molar-refractivity contribution in [3.05, 3.63) is 21.4 Å². The molecule has 1 heterocycles.